The summed E-state index contributed by atoms with van der Waals surface area (Å²) in [7, 11) is 1.56. The third-order valence-electron chi connectivity index (χ3n) is 3.73. The predicted molar refractivity (Wildman–Crippen MR) is 92.4 cm³/mol. The van der Waals surface area contributed by atoms with Crippen LogP contribution in [0.4, 0.5) is 10.5 Å². The van der Waals surface area contributed by atoms with Gasteiger partial charge >= 0.3 is 6.03 Å². The van der Waals surface area contributed by atoms with E-state index in [-0.39, 0.29) is 6.54 Å². The first-order valence-corrected chi connectivity index (χ1v) is 7.92. The highest BCUT2D eigenvalue weighted by Gasteiger charge is 2.16. The molecule has 0 saturated carbocycles. The molecule has 0 aromatic heterocycles. The summed E-state index contributed by atoms with van der Waals surface area (Å²) in [6, 6.07) is 11.8. The number of urea groups is 1. The number of rotatable bonds is 5. The van der Waals surface area contributed by atoms with Crippen LogP contribution < -0.4 is 24.8 Å². The van der Waals surface area contributed by atoms with Gasteiger partial charge in [0.1, 0.15) is 19.0 Å². The molecular weight excluding hydrogens is 324 g/mol. The maximum Gasteiger partial charge on any atom is 0.319 e. The normalized spacial score (nSPS) is 13.7. The van der Waals surface area contributed by atoms with Crippen LogP contribution in [0.1, 0.15) is 11.7 Å². The van der Waals surface area contributed by atoms with Gasteiger partial charge in [-0.2, -0.15) is 0 Å². The fraction of sp³-hybridized carbons (Fsp3) is 0.278. The number of benzene rings is 2. The lowest BCUT2D eigenvalue weighted by molar-refractivity contribution is 0.163. The van der Waals surface area contributed by atoms with E-state index in [0.717, 1.165) is 0 Å². The molecule has 0 aliphatic carbocycles. The van der Waals surface area contributed by atoms with Crippen LogP contribution in [0.5, 0.6) is 17.2 Å². The highest BCUT2D eigenvalue weighted by Crippen LogP contribution is 2.32. The molecule has 2 amide bonds. The number of aliphatic hydroxyl groups is 1. The average molecular weight is 344 g/mol. The second kappa shape index (κ2) is 7.76. The van der Waals surface area contributed by atoms with E-state index in [9.17, 15) is 9.90 Å². The molecule has 1 aliphatic rings. The molecule has 0 saturated heterocycles. The summed E-state index contributed by atoms with van der Waals surface area (Å²) >= 11 is 0. The molecule has 0 bridgehead atoms. The number of methoxy groups -OCH3 is 1. The first-order chi connectivity index (χ1) is 12.2. The molecule has 25 heavy (non-hydrogen) atoms. The van der Waals surface area contributed by atoms with Crippen molar-refractivity contribution in [1.29, 1.82) is 0 Å². The van der Waals surface area contributed by atoms with E-state index in [4.69, 9.17) is 14.2 Å². The molecule has 2 aromatic carbocycles. The molecule has 7 nitrogen and oxygen atoms in total. The van der Waals surface area contributed by atoms with Gasteiger partial charge in [0.15, 0.2) is 11.5 Å². The van der Waals surface area contributed by atoms with Crippen LogP contribution >= 0.6 is 0 Å². The number of carbonyl (C=O) groups excluding carboxylic acids is 1. The van der Waals surface area contributed by atoms with Crippen molar-refractivity contribution in [2.45, 2.75) is 6.10 Å². The highest BCUT2D eigenvalue weighted by molar-refractivity contribution is 5.89. The van der Waals surface area contributed by atoms with Crippen LogP contribution in [0.3, 0.4) is 0 Å². The number of amides is 2. The summed E-state index contributed by atoms with van der Waals surface area (Å²) in [5.74, 6) is 1.91. The molecule has 3 N–H and O–H groups in total. The molecule has 1 aliphatic heterocycles. The summed E-state index contributed by atoms with van der Waals surface area (Å²) < 4.78 is 16.0. The number of aliphatic hydroxyl groups excluding tert-OH is 1. The third kappa shape index (κ3) is 4.33. The van der Waals surface area contributed by atoms with Gasteiger partial charge in [-0.3, -0.25) is 0 Å². The Balaban J connectivity index is 1.54. The van der Waals surface area contributed by atoms with Crippen LogP contribution in [0.2, 0.25) is 0 Å². The highest BCUT2D eigenvalue weighted by atomic mass is 16.6. The van der Waals surface area contributed by atoms with E-state index in [1.807, 2.05) is 0 Å². The van der Waals surface area contributed by atoms with Gasteiger partial charge < -0.3 is 30.0 Å². The lowest BCUT2D eigenvalue weighted by Crippen LogP contribution is -2.32. The summed E-state index contributed by atoms with van der Waals surface area (Å²) in [4.78, 5) is 12.0. The van der Waals surface area contributed by atoms with Crippen LogP contribution in [0.25, 0.3) is 0 Å². The molecule has 0 fully saturated rings. The predicted octanol–water partition coefficient (Wildman–Crippen LogP) is 2.32. The van der Waals surface area contributed by atoms with E-state index in [2.05, 4.69) is 10.6 Å². The molecule has 0 radical (unpaired) electrons. The zero-order valence-corrected chi connectivity index (χ0v) is 13.8. The van der Waals surface area contributed by atoms with Gasteiger partial charge in [0.2, 0.25) is 0 Å². The van der Waals surface area contributed by atoms with Gasteiger partial charge in [-0.25, -0.2) is 4.79 Å². The molecular formula is C18H20N2O5. The maximum atomic E-state index is 12.0. The molecule has 0 spiro atoms. The number of hydrogen-bond donors (Lipinski definition) is 3. The number of hydrogen-bond acceptors (Lipinski definition) is 5. The van der Waals surface area contributed by atoms with E-state index in [1.54, 1.807) is 49.6 Å². The van der Waals surface area contributed by atoms with E-state index in [0.29, 0.717) is 41.7 Å². The lowest BCUT2D eigenvalue weighted by atomic mass is 10.1. The Morgan fingerprint density at radius 1 is 1.20 bits per heavy atom. The summed E-state index contributed by atoms with van der Waals surface area (Å²) in [5.41, 5.74) is 1.25. The SMILES string of the molecule is COc1cccc(NC(=O)NCC(O)c2ccc3c(c2)OCCO3)c1. The second-order valence-electron chi connectivity index (χ2n) is 5.49. The molecule has 1 heterocycles. The summed E-state index contributed by atoms with van der Waals surface area (Å²) in [5, 5.41) is 15.6. The Morgan fingerprint density at radius 3 is 2.80 bits per heavy atom. The fourth-order valence-corrected chi connectivity index (χ4v) is 2.45. The third-order valence-corrected chi connectivity index (χ3v) is 3.73. The van der Waals surface area contributed by atoms with Gasteiger partial charge in [-0.15, -0.1) is 0 Å². The van der Waals surface area contributed by atoms with Crippen LogP contribution in [0, 0.1) is 0 Å². The van der Waals surface area contributed by atoms with Crippen molar-refractivity contribution >= 4 is 11.7 Å². The Morgan fingerprint density at radius 2 is 2.00 bits per heavy atom. The largest absolute Gasteiger partial charge is 0.497 e. The number of fused-ring (bicyclic) bond motifs is 1. The monoisotopic (exact) mass is 344 g/mol. The Kier molecular flexibility index (Phi) is 5.25. The molecule has 1 unspecified atom stereocenters. The number of carbonyl (C=O) groups is 1. The van der Waals surface area contributed by atoms with Gasteiger partial charge in [0.25, 0.3) is 0 Å². The molecule has 132 valence electrons. The minimum atomic E-state index is -0.855. The Hall–Kier alpha value is -2.93. The van der Waals surface area contributed by atoms with E-state index in [1.165, 1.54) is 0 Å². The molecule has 3 rings (SSSR count). The van der Waals surface area contributed by atoms with E-state index < -0.39 is 12.1 Å². The van der Waals surface area contributed by atoms with Crippen molar-refractivity contribution in [3.05, 3.63) is 48.0 Å². The minimum absolute atomic E-state index is 0.0649. The van der Waals surface area contributed by atoms with Gasteiger partial charge in [-0.1, -0.05) is 12.1 Å². The van der Waals surface area contributed by atoms with Gasteiger partial charge in [0.05, 0.1) is 13.2 Å². The quantitative estimate of drug-likeness (QED) is 0.775. The molecule has 7 heteroatoms. The van der Waals surface area contributed by atoms with Crippen LogP contribution in [0.15, 0.2) is 42.5 Å². The van der Waals surface area contributed by atoms with Crippen LogP contribution in [-0.4, -0.2) is 38.0 Å². The zero-order chi connectivity index (χ0) is 17.6. The second-order valence-corrected chi connectivity index (χ2v) is 5.49. The van der Waals surface area contributed by atoms with Crippen molar-refractivity contribution < 1.29 is 24.1 Å². The fourth-order valence-electron chi connectivity index (χ4n) is 2.45. The average Bonchev–Trinajstić information content (AvgIpc) is 2.65. The first kappa shape index (κ1) is 16.9. The van der Waals surface area contributed by atoms with Gasteiger partial charge in [0, 0.05) is 18.3 Å². The topological polar surface area (TPSA) is 89.1 Å². The lowest BCUT2D eigenvalue weighted by Gasteiger charge is -2.20. The Bertz CT molecular complexity index is 750. The number of anilines is 1. The zero-order valence-electron chi connectivity index (χ0n) is 13.8. The Labute approximate surface area is 145 Å². The van der Waals surface area contributed by atoms with Crippen molar-refractivity contribution in [3.63, 3.8) is 0 Å². The van der Waals surface area contributed by atoms with Crippen molar-refractivity contribution in [2.75, 3.05) is 32.2 Å². The van der Waals surface area contributed by atoms with Crippen molar-refractivity contribution in [3.8, 4) is 17.2 Å². The van der Waals surface area contributed by atoms with Crippen LogP contribution in [-0.2, 0) is 0 Å². The summed E-state index contributed by atoms with van der Waals surface area (Å²) in [6.45, 7) is 1.06. The maximum absolute atomic E-state index is 12.0. The van der Waals surface area contributed by atoms with Gasteiger partial charge in [-0.05, 0) is 29.8 Å². The molecule has 1 atom stereocenters. The standard InChI is InChI=1S/C18H20N2O5/c1-23-14-4-2-3-13(10-14)20-18(22)19-11-15(21)12-5-6-16-17(9-12)25-8-7-24-16/h2-6,9-10,15,21H,7-8,11H2,1H3,(H2,19,20,22). The number of ether oxygens (including phenoxy) is 3. The smallest absolute Gasteiger partial charge is 0.319 e. The van der Waals surface area contributed by atoms with Crippen molar-refractivity contribution in [1.82, 2.24) is 5.32 Å². The number of nitrogens with one attached hydrogen (secondary N) is 2. The summed E-state index contributed by atoms with van der Waals surface area (Å²) in [6.07, 6.45) is -0.855. The first-order valence-electron chi connectivity index (χ1n) is 7.92. The van der Waals surface area contributed by atoms with Crippen molar-refractivity contribution in [2.24, 2.45) is 0 Å². The van der Waals surface area contributed by atoms with E-state index >= 15 is 0 Å². The minimum Gasteiger partial charge on any atom is -0.497 e. The molecule has 2 aromatic rings.